The number of methoxy groups -OCH3 is 1. The number of hydrogen-bond donors (Lipinski definition) is 1. The Hall–Kier alpha value is -1.03. The summed E-state index contributed by atoms with van der Waals surface area (Å²) >= 11 is 0. The molecule has 0 saturated heterocycles. The van der Waals surface area contributed by atoms with E-state index in [0.29, 0.717) is 11.5 Å². The Morgan fingerprint density at radius 1 is 1.47 bits per heavy atom. The van der Waals surface area contributed by atoms with Gasteiger partial charge in [-0.1, -0.05) is 26.7 Å². The van der Waals surface area contributed by atoms with Gasteiger partial charge in [0.2, 0.25) is 0 Å². The van der Waals surface area contributed by atoms with Crippen molar-refractivity contribution in [2.45, 2.75) is 58.5 Å². The summed E-state index contributed by atoms with van der Waals surface area (Å²) in [6, 6.07) is 0.319. The first-order valence-electron chi connectivity index (χ1n) is 7.43. The summed E-state index contributed by atoms with van der Waals surface area (Å²) < 4.78 is 7.65. The smallest absolute Gasteiger partial charge is 0.161 e. The predicted molar refractivity (Wildman–Crippen MR) is 77.4 cm³/mol. The molecule has 1 N–H and O–H groups in total. The molecule has 19 heavy (non-hydrogen) atoms. The molecule has 1 atom stereocenters. The van der Waals surface area contributed by atoms with Crippen molar-refractivity contribution in [3.8, 4) is 5.75 Å². The molecular formula is C15H27N3O. The maximum atomic E-state index is 5.54. The minimum absolute atomic E-state index is 0.313. The molecule has 0 aliphatic heterocycles. The molecule has 4 nitrogen and oxygen atoms in total. The van der Waals surface area contributed by atoms with Gasteiger partial charge in [-0.15, -0.1) is 0 Å². The Morgan fingerprint density at radius 3 is 2.68 bits per heavy atom. The summed E-state index contributed by atoms with van der Waals surface area (Å²) in [6.07, 6.45) is 8.16. The molecule has 1 aliphatic carbocycles. The van der Waals surface area contributed by atoms with Crippen LogP contribution in [0.2, 0.25) is 0 Å². The largest absolute Gasteiger partial charge is 0.493 e. The van der Waals surface area contributed by atoms with Crippen LogP contribution in [0.3, 0.4) is 0 Å². The van der Waals surface area contributed by atoms with Crippen molar-refractivity contribution in [3.63, 3.8) is 0 Å². The molecule has 1 heterocycles. The van der Waals surface area contributed by atoms with Gasteiger partial charge in [-0.3, -0.25) is 4.68 Å². The molecule has 1 saturated carbocycles. The van der Waals surface area contributed by atoms with Gasteiger partial charge in [-0.2, -0.15) is 5.10 Å². The fraction of sp³-hybridized carbons (Fsp3) is 0.800. The molecule has 1 fully saturated rings. The number of nitrogens with one attached hydrogen (secondary N) is 1. The normalized spacial score (nSPS) is 19.6. The fourth-order valence-electron chi connectivity index (χ4n) is 3.50. The third kappa shape index (κ3) is 2.64. The van der Waals surface area contributed by atoms with Crippen LogP contribution in [0, 0.1) is 5.41 Å². The molecule has 108 valence electrons. The first-order valence-corrected chi connectivity index (χ1v) is 7.43. The minimum Gasteiger partial charge on any atom is -0.493 e. The Balaban J connectivity index is 2.38. The summed E-state index contributed by atoms with van der Waals surface area (Å²) in [5.41, 5.74) is 1.53. The number of aromatic nitrogens is 2. The average Bonchev–Trinajstić information content (AvgIpc) is 2.99. The van der Waals surface area contributed by atoms with Crippen molar-refractivity contribution in [1.82, 2.24) is 15.1 Å². The number of nitrogens with zero attached hydrogens (tertiary/aromatic N) is 2. The second kappa shape index (κ2) is 5.95. The maximum absolute atomic E-state index is 5.54. The maximum Gasteiger partial charge on any atom is 0.161 e. The molecule has 1 aromatic rings. The van der Waals surface area contributed by atoms with Gasteiger partial charge in [-0.25, -0.2) is 0 Å². The number of hydrogen-bond acceptors (Lipinski definition) is 3. The van der Waals surface area contributed by atoms with Crippen molar-refractivity contribution in [3.05, 3.63) is 11.9 Å². The molecule has 0 spiro atoms. The standard InChI is InChI=1S/C15H27N3O/c1-5-10-18-13(12(19-4)11-17-18)14(16-3)15(2)8-6-7-9-15/h11,14,16H,5-10H2,1-4H3. The fourth-order valence-corrected chi connectivity index (χ4v) is 3.50. The van der Waals surface area contributed by atoms with Crippen molar-refractivity contribution in [1.29, 1.82) is 0 Å². The summed E-state index contributed by atoms with van der Waals surface area (Å²) in [4.78, 5) is 0. The lowest BCUT2D eigenvalue weighted by molar-refractivity contribution is 0.217. The van der Waals surface area contributed by atoms with E-state index in [2.05, 4.69) is 36.0 Å². The number of aryl methyl sites for hydroxylation is 1. The Morgan fingerprint density at radius 2 is 2.16 bits per heavy atom. The van der Waals surface area contributed by atoms with E-state index in [1.54, 1.807) is 7.11 Å². The molecule has 4 heteroatoms. The van der Waals surface area contributed by atoms with Crippen LogP contribution in [0.4, 0.5) is 0 Å². The Labute approximate surface area is 116 Å². The summed E-state index contributed by atoms with van der Waals surface area (Å²) in [7, 11) is 3.79. The van der Waals surface area contributed by atoms with Crippen LogP contribution in [0.5, 0.6) is 5.75 Å². The van der Waals surface area contributed by atoms with Crippen LogP contribution in [-0.2, 0) is 6.54 Å². The van der Waals surface area contributed by atoms with E-state index in [-0.39, 0.29) is 0 Å². The third-order valence-corrected chi connectivity index (χ3v) is 4.51. The SMILES string of the molecule is CCCn1ncc(OC)c1C(NC)C1(C)CCCC1. The van der Waals surface area contributed by atoms with E-state index < -0.39 is 0 Å². The van der Waals surface area contributed by atoms with Gasteiger partial charge in [0.25, 0.3) is 0 Å². The molecule has 1 aliphatic rings. The molecule has 1 aromatic heterocycles. The lowest BCUT2D eigenvalue weighted by Crippen LogP contribution is -2.34. The van der Waals surface area contributed by atoms with Gasteiger partial charge >= 0.3 is 0 Å². The van der Waals surface area contributed by atoms with E-state index >= 15 is 0 Å². The summed E-state index contributed by atoms with van der Waals surface area (Å²) in [5, 5.41) is 8.02. The van der Waals surface area contributed by atoms with Crippen LogP contribution in [0.1, 0.15) is 57.7 Å². The van der Waals surface area contributed by atoms with Gasteiger partial charge in [0, 0.05) is 6.54 Å². The van der Waals surface area contributed by atoms with Crippen LogP contribution < -0.4 is 10.1 Å². The van der Waals surface area contributed by atoms with Crippen molar-refractivity contribution >= 4 is 0 Å². The average molecular weight is 265 g/mol. The second-order valence-electron chi connectivity index (χ2n) is 5.90. The van der Waals surface area contributed by atoms with E-state index in [9.17, 15) is 0 Å². The van der Waals surface area contributed by atoms with Crippen LogP contribution in [-0.4, -0.2) is 23.9 Å². The van der Waals surface area contributed by atoms with Gasteiger partial charge in [0.1, 0.15) is 0 Å². The zero-order chi connectivity index (χ0) is 13.9. The van der Waals surface area contributed by atoms with E-state index in [4.69, 9.17) is 4.74 Å². The van der Waals surface area contributed by atoms with Gasteiger partial charge in [-0.05, 0) is 31.7 Å². The van der Waals surface area contributed by atoms with Crippen molar-refractivity contribution in [2.24, 2.45) is 5.41 Å². The molecule has 0 bridgehead atoms. The molecule has 0 amide bonds. The highest BCUT2D eigenvalue weighted by Crippen LogP contribution is 2.48. The van der Waals surface area contributed by atoms with Gasteiger partial charge in [0.15, 0.2) is 5.75 Å². The van der Waals surface area contributed by atoms with Crippen LogP contribution in [0.15, 0.2) is 6.20 Å². The molecule has 1 unspecified atom stereocenters. The number of ether oxygens (including phenoxy) is 1. The monoisotopic (exact) mass is 265 g/mol. The zero-order valence-corrected chi connectivity index (χ0v) is 12.7. The highest BCUT2D eigenvalue weighted by Gasteiger charge is 2.40. The number of rotatable bonds is 6. The van der Waals surface area contributed by atoms with Gasteiger partial charge < -0.3 is 10.1 Å². The zero-order valence-electron chi connectivity index (χ0n) is 12.7. The van der Waals surface area contributed by atoms with Crippen LogP contribution >= 0.6 is 0 Å². The van der Waals surface area contributed by atoms with Crippen molar-refractivity contribution < 1.29 is 4.74 Å². The van der Waals surface area contributed by atoms with E-state index in [1.807, 2.05) is 6.20 Å². The molecule has 0 aromatic carbocycles. The summed E-state index contributed by atoms with van der Waals surface area (Å²) in [6.45, 7) is 5.53. The molecule has 2 rings (SSSR count). The highest BCUT2D eigenvalue weighted by molar-refractivity contribution is 5.30. The minimum atomic E-state index is 0.313. The Bertz CT molecular complexity index is 408. The molecule has 0 radical (unpaired) electrons. The first kappa shape index (κ1) is 14.4. The van der Waals surface area contributed by atoms with Crippen molar-refractivity contribution in [2.75, 3.05) is 14.2 Å². The molecular weight excluding hydrogens is 238 g/mol. The predicted octanol–water partition coefficient (Wildman–Crippen LogP) is 3.14. The van der Waals surface area contributed by atoms with E-state index in [1.165, 1.54) is 31.4 Å². The van der Waals surface area contributed by atoms with Gasteiger partial charge in [0.05, 0.1) is 25.0 Å². The lowest BCUT2D eigenvalue weighted by Gasteiger charge is -2.34. The quantitative estimate of drug-likeness (QED) is 0.859. The summed E-state index contributed by atoms with van der Waals surface area (Å²) in [5.74, 6) is 0.918. The third-order valence-electron chi connectivity index (χ3n) is 4.51. The highest BCUT2D eigenvalue weighted by atomic mass is 16.5. The van der Waals surface area contributed by atoms with E-state index in [0.717, 1.165) is 18.7 Å². The lowest BCUT2D eigenvalue weighted by atomic mass is 9.79. The topological polar surface area (TPSA) is 39.1 Å². The second-order valence-corrected chi connectivity index (χ2v) is 5.90. The van der Waals surface area contributed by atoms with Crippen LogP contribution in [0.25, 0.3) is 0 Å². The Kier molecular flexibility index (Phi) is 4.50. The first-order chi connectivity index (χ1) is 9.16.